The molecule has 0 radical (unpaired) electrons. The van der Waals surface area contributed by atoms with Crippen LogP contribution in [0.1, 0.15) is 16.1 Å². The van der Waals surface area contributed by atoms with E-state index in [0.717, 1.165) is 11.2 Å². The maximum atomic E-state index is 11.7. The molecule has 4 heteroatoms. The smallest absolute Gasteiger partial charge is 0.253 e. The quantitative estimate of drug-likeness (QED) is 0.821. The van der Waals surface area contributed by atoms with Gasteiger partial charge in [-0.2, -0.15) is 0 Å². The molecule has 1 amide bonds. The molecule has 2 aromatic heterocycles. The summed E-state index contributed by atoms with van der Waals surface area (Å²) in [5, 5.41) is 9.10. The van der Waals surface area contributed by atoms with E-state index in [1.165, 1.54) is 0 Å². The van der Waals surface area contributed by atoms with Gasteiger partial charge in [-0.15, -0.1) is 0 Å². The first-order chi connectivity index (χ1) is 7.63. The molecule has 0 bridgehead atoms. The van der Waals surface area contributed by atoms with E-state index in [1.54, 1.807) is 31.3 Å². The van der Waals surface area contributed by atoms with E-state index >= 15 is 0 Å². The van der Waals surface area contributed by atoms with Gasteiger partial charge in [0.15, 0.2) is 0 Å². The van der Waals surface area contributed by atoms with Crippen molar-refractivity contribution < 1.29 is 9.90 Å². The van der Waals surface area contributed by atoms with Gasteiger partial charge in [-0.3, -0.25) is 4.79 Å². The fourth-order valence-electron chi connectivity index (χ4n) is 1.69. The van der Waals surface area contributed by atoms with Crippen LogP contribution in [0.4, 0.5) is 0 Å². The van der Waals surface area contributed by atoms with Crippen LogP contribution >= 0.6 is 0 Å². The van der Waals surface area contributed by atoms with Crippen molar-refractivity contribution in [3.05, 3.63) is 41.7 Å². The second-order valence-corrected chi connectivity index (χ2v) is 3.89. The predicted molar refractivity (Wildman–Crippen MR) is 61.3 cm³/mol. The number of aromatic nitrogens is 1. The van der Waals surface area contributed by atoms with E-state index in [9.17, 15) is 4.79 Å². The van der Waals surface area contributed by atoms with Crippen LogP contribution < -0.4 is 0 Å². The number of pyridine rings is 1. The first-order valence-corrected chi connectivity index (χ1v) is 5.06. The van der Waals surface area contributed by atoms with Crippen LogP contribution in [0.3, 0.4) is 0 Å². The second kappa shape index (κ2) is 3.98. The summed E-state index contributed by atoms with van der Waals surface area (Å²) < 4.78 is 1.87. The van der Waals surface area contributed by atoms with Crippen molar-refractivity contribution in [1.82, 2.24) is 9.30 Å². The van der Waals surface area contributed by atoms with E-state index < -0.39 is 0 Å². The third-order valence-corrected chi connectivity index (χ3v) is 2.56. The third-order valence-electron chi connectivity index (χ3n) is 2.56. The predicted octanol–water partition coefficient (Wildman–Crippen LogP) is 1.13. The molecule has 2 aromatic rings. The van der Waals surface area contributed by atoms with Gasteiger partial charge in [0.1, 0.15) is 0 Å². The Morgan fingerprint density at radius 3 is 2.75 bits per heavy atom. The highest BCUT2D eigenvalue weighted by Gasteiger charge is 2.09. The lowest BCUT2D eigenvalue weighted by atomic mass is 10.2. The molecule has 0 fully saturated rings. The summed E-state index contributed by atoms with van der Waals surface area (Å²) in [5.74, 6) is -0.0192. The number of carbonyl (C=O) groups excluding carboxylic acids is 1. The van der Waals surface area contributed by atoms with E-state index in [4.69, 9.17) is 5.11 Å². The minimum atomic E-state index is -0.0192. The average molecular weight is 218 g/mol. The van der Waals surface area contributed by atoms with E-state index in [2.05, 4.69) is 0 Å². The van der Waals surface area contributed by atoms with Crippen molar-refractivity contribution in [2.45, 2.75) is 6.61 Å². The summed E-state index contributed by atoms with van der Waals surface area (Å²) in [7, 11) is 3.45. The Morgan fingerprint density at radius 1 is 1.38 bits per heavy atom. The van der Waals surface area contributed by atoms with Crippen molar-refractivity contribution in [1.29, 1.82) is 0 Å². The summed E-state index contributed by atoms with van der Waals surface area (Å²) in [5.41, 5.74) is 2.38. The minimum Gasteiger partial charge on any atom is -0.390 e. The molecule has 4 nitrogen and oxygen atoms in total. The molecule has 1 N–H and O–H groups in total. The number of carbonyl (C=O) groups is 1. The number of amides is 1. The molecule has 0 saturated carbocycles. The molecule has 0 aromatic carbocycles. The largest absolute Gasteiger partial charge is 0.390 e. The van der Waals surface area contributed by atoms with Gasteiger partial charge in [-0.1, -0.05) is 0 Å². The molecular formula is C12H14N2O2. The maximum absolute atomic E-state index is 11.7. The summed E-state index contributed by atoms with van der Waals surface area (Å²) >= 11 is 0. The molecule has 0 aliphatic heterocycles. The number of hydrogen-bond donors (Lipinski definition) is 1. The van der Waals surface area contributed by atoms with Gasteiger partial charge >= 0.3 is 0 Å². The highest BCUT2D eigenvalue weighted by molar-refractivity contribution is 5.94. The van der Waals surface area contributed by atoms with Crippen LogP contribution in [-0.2, 0) is 6.61 Å². The fourth-order valence-corrected chi connectivity index (χ4v) is 1.69. The van der Waals surface area contributed by atoms with Gasteiger partial charge in [-0.05, 0) is 24.3 Å². The second-order valence-electron chi connectivity index (χ2n) is 3.89. The van der Waals surface area contributed by atoms with E-state index in [1.807, 2.05) is 22.6 Å². The lowest BCUT2D eigenvalue weighted by molar-refractivity contribution is 0.0827. The molecule has 84 valence electrons. The fraction of sp³-hybridized carbons (Fsp3) is 0.250. The molecule has 0 aliphatic rings. The van der Waals surface area contributed by atoms with Crippen molar-refractivity contribution in [2.75, 3.05) is 14.1 Å². The lowest BCUT2D eigenvalue weighted by Crippen LogP contribution is -2.21. The zero-order valence-corrected chi connectivity index (χ0v) is 9.34. The van der Waals surface area contributed by atoms with E-state index in [-0.39, 0.29) is 12.5 Å². The Balaban J connectivity index is 2.49. The Morgan fingerprint density at radius 2 is 2.12 bits per heavy atom. The number of fused-ring (bicyclic) bond motifs is 1. The van der Waals surface area contributed by atoms with Crippen molar-refractivity contribution in [2.24, 2.45) is 0 Å². The van der Waals surface area contributed by atoms with Gasteiger partial charge in [0.25, 0.3) is 5.91 Å². The third kappa shape index (κ3) is 1.67. The molecule has 0 aliphatic carbocycles. The highest BCUT2D eigenvalue weighted by Crippen LogP contribution is 2.13. The average Bonchev–Trinajstić information content (AvgIpc) is 2.69. The normalized spacial score (nSPS) is 10.7. The number of aliphatic hydroxyl groups is 1. The van der Waals surface area contributed by atoms with Crippen LogP contribution in [0.5, 0.6) is 0 Å². The van der Waals surface area contributed by atoms with Crippen LogP contribution in [0.2, 0.25) is 0 Å². The monoisotopic (exact) mass is 218 g/mol. The molecule has 16 heavy (non-hydrogen) atoms. The number of nitrogens with zero attached hydrogens (tertiary/aromatic N) is 2. The molecule has 0 spiro atoms. The first-order valence-electron chi connectivity index (χ1n) is 5.06. The van der Waals surface area contributed by atoms with Gasteiger partial charge in [0, 0.05) is 37.1 Å². The number of rotatable bonds is 2. The number of hydrogen-bond acceptors (Lipinski definition) is 2. The Labute approximate surface area is 93.7 Å². The van der Waals surface area contributed by atoms with Crippen molar-refractivity contribution in [3.63, 3.8) is 0 Å². The molecule has 2 rings (SSSR count). The van der Waals surface area contributed by atoms with Crippen LogP contribution in [0.25, 0.3) is 5.52 Å². The summed E-state index contributed by atoms with van der Waals surface area (Å²) in [6.07, 6.45) is 1.80. The van der Waals surface area contributed by atoms with Crippen LogP contribution in [-0.4, -0.2) is 34.4 Å². The first kappa shape index (κ1) is 10.7. The van der Waals surface area contributed by atoms with Gasteiger partial charge in [-0.25, -0.2) is 0 Å². The molecule has 2 heterocycles. The summed E-state index contributed by atoms with van der Waals surface area (Å²) in [6.45, 7) is -0.00482. The van der Waals surface area contributed by atoms with Crippen LogP contribution in [0.15, 0.2) is 30.5 Å². The molecule has 0 unspecified atom stereocenters. The highest BCUT2D eigenvalue weighted by atomic mass is 16.3. The van der Waals surface area contributed by atoms with E-state index in [0.29, 0.717) is 5.56 Å². The van der Waals surface area contributed by atoms with Gasteiger partial charge in [0.2, 0.25) is 0 Å². The number of aliphatic hydroxyl groups excluding tert-OH is 1. The Hall–Kier alpha value is -1.81. The Bertz CT molecular complexity index is 529. The Kier molecular flexibility index (Phi) is 2.66. The SMILES string of the molecule is CN(C)C(=O)c1ccn2c(CO)ccc2c1. The maximum Gasteiger partial charge on any atom is 0.253 e. The zero-order chi connectivity index (χ0) is 11.7. The standard InChI is InChI=1S/C12H14N2O2/c1-13(2)12(16)9-5-6-14-10(7-9)3-4-11(14)8-15/h3-7,15H,8H2,1-2H3. The van der Waals surface area contributed by atoms with Crippen molar-refractivity contribution in [3.8, 4) is 0 Å². The van der Waals surface area contributed by atoms with Crippen LogP contribution in [0, 0.1) is 0 Å². The minimum absolute atomic E-state index is 0.00482. The molecule has 0 saturated heterocycles. The lowest BCUT2D eigenvalue weighted by Gasteiger charge is -2.10. The summed E-state index contributed by atoms with van der Waals surface area (Å²) in [4.78, 5) is 13.3. The zero-order valence-electron chi connectivity index (χ0n) is 9.34. The summed E-state index contributed by atoms with van der Waals surface area (Å²) in [6, 6.07) is 7.31. The topological polar surface area (TPSA) is 45.0 Å². The van der Waals surface area contributed by atoms with Crippen molar-refractivity contribution >= 4 is 11.4 Å². The van der Waals surface area contributed by atoms with Gasteiger partial charge < -0.3 is 14.4 Å². The molecular weight excluding hydrogens is 204 g/mol. The molecule has 0 atom stereocenters. The van der Waals surface area contributed by atoms with Gasteiger partial charge in [0.05, 0.1) is 6.61 Å².